The molecule has 0 amide bonds. The lowest BCUT2D eigenvalue weighted by molar-refractivity contribution is 0.112. The molecule has 1 aliphatic carbocycles. The predicted molar refractivity (Wildman–Crippen MR) is 86.7 cm³/mol. The van der Waals surface area contributed by atoms with Crippen LogP contribution in [0.3, 0.4) is 0 Å². The second kappa shape index (κ2) is 6.83. The molecule has 3 rings (SSSR count). The number of carbonyl (C=O) groups excluding carboxylic acids is 1. The van der Waals surface area contributed by atoms with Crippen LogP contribution in [-0.2, 0) is 0 Å². The molecule has 1 aromatic carbocycles. The lowest BCUT2D eigenvalue weighted by Gasteiger charge is -2.11. The number of aldehydes is 1. The van der Waals surface area contributed by atoms with Gasteiger partial charge in [0.05, 0.1) is 6.20 Å². The fourth-order valence-corrected chi connectivity index (χ4v) is 2.22. The van der Waals surface area contributed by atoms with Gasteiger partial charge in [-0.05, 0) is 29.9 Å². The number of benzene rings is 1. The van der Waals surface area contributed by atoms with Crippen LogP contribution in [0, 0.1) is 0 Å². The van der Waals surface area contributed by atoms with Crippen LogP contribution in [0.25, 0.3) is 11.1 Å². The Morgan fingerprint density at radius 2 is 1.96 bits per heavy atom. The van der Waals surface area contributed by atoms with E-state index in [2.05, 4.69) is 4.98 Å². The van der Waals surface area contributed by atoms with Crippen molar-refractivity contribution in [2.75, 3.05) is 0 Å². The van der Waals surface area contributed by atoms with Crippen LogP contribution >= 0.6 is 0 Å². The zero-order chi connectivity index (χ0) is 16.1. The quantitative estimate of drug-likeness (QED) is 0.773. The SMILES string of the molecule is O=Cc1ccc(-c2ccncc2OC2=CC=C(F)CC=C2)cc1. The molecule has 1 aromatic heterocycles. The number of nitrogens with zero attached hydrogens (tertiary/aromatic N) is 1. The first-order valence-corrected chi connectivity index (χ1v) is 7.16. The maximum absolute atomic E-state index is 13.2. The van der Waals surface area contributed by atoms with Crippen molar-refractivity contribution in [3.8, 4) is 16.9 Å². The van der Waals surface area contributed by atoms with E-state index in [1.807, 2.05) is 18.2 Å². The van der Waals surface area contributed by atoms with Gasteiger partial charge in [0, 0.05) is 23.7 Å². The lowest BCUT2D eigenvalue weighted by atomic mass is 10.0. The molecule has 0 N–H and O–H groups in total. The van der Waals surface area contributed by atoms with Gasteiger partial charge in [0.15, 0.2) is 5.75 Å². The summed E-state index contributed by atoms with van der Waals surface area (Å²) in [6.07, 6.45) is 10.8. The maximum atomic E-state index is 13.2. The summed E-state index contributed by atoms with van der Waals surface area (Å²) in [6.45, 7) is 0. The fraction of sp³-hybridized carbons (Fsp3) is 0.0526. The second-order valence-corrected chi connectivity index (χ2v) is 5.00. The molecule has 1 heterocycles. The Balaban J connectivity index is 1.93. The molecule has 23 heavy (non-hydrogen) atoms. The third-order valence-electron chi connectivity index (χ3n) is 3.39. The Kier molecular flexibility index (Phi) is 4.43. The lowest BCUT2D eigenvalue weighted by Crippen LogP contribution is -1.95. The van der Waals surface area contributed by atoms with E-state index in [9.17, 15) is 9.18 Å². The highest BCUT2D eigenvalue weighted by Gasteiger charge is 2.09. The Morgan fingerprint density at radius 3 is 2.74 bits per heavy atom. The van der Waals surface area contributed by atoms with Crippen LogP contribution in [-0.4, -0.2) is 11.3 Å². The number of hydrogen-bond donors (Lipinski definition) is 0. The van der Waals surface area contributed by atoms with E-state index in [1.165, 1.54) is 6.08 Å². The Morgan fingerprint density at radius 1 is 1.13 bits per heavy atom. The molecule has 2 aromatic rings. The van der Waals surface area contributed by atoms with Gasteiger partial charge in [-0.15, -0.1) is 0 Å². The summed E-state index contributed by atoms with van der Waals surface area (Å²) in [4.78, 5) is 14.8. The minimum atomic E-state index is -0.212. The van der Waals surface area contributed by atoms with Crippen molar-refractivity contribution in [1.82, 2.24) is 4.98 Å². The third kappa shape index (κ3) is 3.61. The minimum absolute atomic E-state index is 0.212. The molecule has 3 nitrogen and oxygen atoms in total. The minimum Gasteiger partial charge on any atom is -0.455 e. The largest absolute Gasteiger partial charge is 0.455 e. The normalized spacial score (nSPS) is 13.8. The molecule has 114 valence electrons. The molecule has 0 unspecified atom stereocenters. The number of carbonyl (C=O) groups is 1. The monoisotopic (exact) mass is 307 g/mol. The summed E-state index contributed by atoms with van der Waals surface area (Å²) < 4.78 is 19.1. The number of pyridine rings is 1. The van der Waals surface area contributed by atoms with Crippen molar-refractivity contribution in [1.29, 1.82) is 0 Å². The Labute approximate surface area is 133 Å². The van der Waals surface area contributed by atoms with Crippen molar-refractivity contribution in [2.24, 2.45) is 0 Å². The molecule has 0 atom stereocenters. The van der Waals surface area contributed by atoms with Crippen molar-refractivity contribution in [2.45, 2.75) is 6.42 Å². The van der Waals surface area contributed by atoms with Gasteiger partial charge in [0.1, 0.15) is 17.9 Å². The standard InChI is InChI=1S/C19H14FNO2/c20-16-2-1-3-17(9-8-16)23-19-12-21-11-10-18(19)15-6-4-14(13-22)5-7-15/h1,3-13H,2H2. The Bertz CT molecular complexity index is 804. The maximum Gasteiger partial charge on any atom is 0.153 e. The molecule has 0 aliphatic heterocycles. The van der Waals surface area contributed by atoms with Crippen molar-refractivity contribution < 1.29 is 13.9 Å². The van der Waals surface area contributed by atoms with Crippen LogP contribution in [0.1, 0.15) is 16.8 Å². The van der Waals surface area contributed by atoms with Gasteiger partial charge in [-0.25, -0.2) is 4.39 Å². The summed E-state index contributed by atoms with van der Waals surface area (Å²) in [5.74, 6) is 0.894. The van der Waals surface area contributed by atoms with E-state index < -0.39 is 0 Å². The molecular weight excluding hydrogens is 293 g/mol. The summed E-state index contributed by atoms with van der Waals surface area (Å²) in [6, 6.07) is 9.03. The zero-order valence-corrected chi connectivity index (χ0v) is 12.3. The molecule has 0 saturated carbocycles. The van der Waals surface area contributed by atoms with E-state index >= 15 is 0 Å². The highest BCUT2D eigenvalue weighted by atomic mass is 19.1. The van der Waals surface area contributed by atoms with Crippen molar-refractivity contribution in [3.63, 3.8) is 0 Å². The van der Waals surface area contributed by atoms with Crippen LogP contribution in [0.15, 0.2) is 78.6 Å². The first-order valence-electron chi connectivity index (χ1n) is 7.16. The van der Waals surface area contributed by atoms with Crippen LogP contribution in [0.2, 0.25) is 0 Å². The number of rotatable bonds is 4. The molecular formula is C19H14FNO2. The molecule has 0 bridgehead atoms. The average Bonchev–Trinajstić information content (AvgIpc) is 2.80. The molecule has 0 radical (unpaired) electrons. The van der Waals surface area contributed by atoms with Crippen LogP contribution < -0.4 is 4.74 Å². The van der Waals surface area contributed by atoms with Gasteiger partial charge in [-0.1, -0.05) is 30.3 Å². The topological polar surface area (TPSA) is 39.2 Å². The third-order valence-corrected chi connectivity index (χ3v) is 3.39. The fourth-order valence-electron chi connectivity index (χ4n) is 2.22. The molecule has 1 aliphatic rings. The van der Waals surface area contributed by atoms with E-state index in [-0.39, 0.29) is 12.2 Å². The second-order valence-electron chi connectivity index (χ2n) is 5.00. The van der Waals surface area contributed by atoms with Gasteiger partial charge in [0.25, 0.3) is 0 Å². The highest BCUT2D eigenvalue weighted by molar-refractivity contribution is 5.78. The first kappa shape index (κ1) is 14.9. The number of allylic oxidation sites excluding steroid dienone is 5. The van der Waals surface area contributed by atoms with Gasteiger partial charge in [-0.2, -0.15) is 0 Å². The average molecular weight is 307 g/mol. The van der Waals surface area contributed by atoms with E-state index in [4.69, 9.17) is 4.74 Å². The van der Waals surface area contributed by atoms with E-state index in [0.717, 1.165) is 17.4 Å². The van der Waals surface area contributed by atoms with Crippen molar-refractivity contribution >= 4 is 6.29 Å². The molecule has 4 heteroatoms. The zero-order valence-electron chi connectivity index (χ0n) is 12.3. The first-order chi connectivity index (χ1) is 11.3. The number of halogens is 1. The smallest absolute Gasteiger partial charge is 0.153 e. The van der Waals surface area contributed by atoms with Crippen LogP contribution in [0.5, 0.6) is 5.75 Å². The molecule has 0 fully saturated rings. The van der Waals surface area contributed by atoms with E-state index in [1.54, 1.807) is 42.8 Å². The molecule has 0 saturated heterocycles. The summed E-state index contributed by atoms with van der Waals surface area (Å²) in [7, 11) is 0. The molecule has 0 spiro atoms. The Hall–Kier alpha value is -3.01. The number of aromatic nitrogens is 1. The number of hydrogen-bond acceptors (Lipinski definition) is 3. The highest BCUT2D eigenvalue weighted by Crippen LogP contribution is 2.31. The van der Waals surface area contributed by atoms with Gasteiger partial charge < -0.3 is 4.74 Å². The van der Waals surface area contributed by atoms with Crippen molar-refractivity contribution in [3.05, 3.63) is 84.2 Å². The summed E-state index contributed by atoms with van der Waals surface area (Å²) in [5.41, 5.74) is 2.37. The predicted octanol–water partition coefficient (Wildman–Crippen LogP) is 4.64. The summed E-state index contributed by atoms with van der Waals surface area (Å²) >= 11 is 0. The number of ether oxygens (including phenoxy) is 1. The van der Waals surface area contributed by atoms with Gasteiger partial charge in [0.2, 0.25) is 0 Å². The summed E-state index contributed by atoms with van der Waals surface area (Å²) in [5, 5.41) is 0. The van der Waals surface area contributed by atoms with Gasteiger partial charge >= 0.3 is 0 Å². The van der Waals surface area contributed by atoms with Crippen LogP contribution in [0.4, 0.5) is 4.39 Å². The van der Waals surface area contributed by atoms with Gasteiger partial charge in [-0.3, -0.25) is 9.78 Å². The van der Waals surface area contributed by atoms with E-state index in [0.29, 0.717) is 17.1 Å².